The Labute approximate surface area is 127 Å². The maximum absolute atomic E-state index is 13.3. The Morgan fingerprint density at radius 2 is 1.95 bits per heavy atom. The summed E-state index contributed by atoms with van der Waals surface area (Å²) in [5.41, 5.74) is 7.31. The van der Waals surface area contributed by atoms with Gasteiger partial charge in [-0.15, -0.1) is 0 Å². The molecule has 0 spiro atoms. The molecule has 106 valence electrons. The molecule has 2 aromatic carbocycles. The van der Waals surface area contributed by atoms with E-state index >= 15 is 0 Å². The van der Waals surface area contributed by atoms with Crippen molar-refractivity contribution >= 4 is 23.2 Å². The lowest BCUT2D eigenvalue weighted by atomic mass is 10.1. The fourth-order valence-corrected chi connectivity index (χ4v) is 2.19. The van der Waals surface area contributed by atoms with Gasteiger partial charge in [0.05, 0.1) is 0 Å². The highest BCUT2D eigenvalue weighted by Gasteiger charge is 2.10. The SMILES string of the molecule is CC(N)c1ccc(F)cc1OCc1cc(Cl)ccc1Cl. The summed E-state index contributed by atoms with van der Waals surface area (Å²) in [5, 5.41) is 1.12. The molecule has 2 aromatic rings. The summed E-state index contributed by atoms with van der Waals surface area (Å²) in [5.74, 6) is 0.0395. The molecule has 0 amide bonds. The molecule has 0 aromatic heterocycles. The molecule has 0 heterocycles. The largest absolute Gasteiger partial charge is 0.488 e. The first-order chi connectivity index (χ1) is 9.47. The molecule has 0 radical (unpaired) electrons. The van der Waals surface area contributed by atoms with Gasteiger partial charge in [-0.2, -0.15) is 0 Å². The van der Waals surface area contributed by atoms with Crippen LogP contribution in [0.25, 0.3) is 0 Å². The lowest BCUT2D eigenvalue weighted by Crippen LogP contribution is -2.08. The van der Waals surface area contributed by atoms with Crippen LogP contribution in [-0.2, 0) is 6.61 Å². The third-order valence-corrected chi connectivity index (χ3v) is 3.46. The minimum absolute atomic E-state index is 0.197. The third-order valence-electron chi connectivity index (χ3n) is 2.86. The first kappa shape index (κ1) is 15.1. The summed E-state index contributed by atoms with van der Waals surface area (Å²) in [4.78, 5) is 0. The molecule has 0 saturated heterocycles. The predicted octanol–water partition coefficient (Wildman–Crippen LogP) is 4.73. The maximum Gasteiger partial charge on any atom is 0.127 e. The van der Waals surface area contributed by atoms with Gasteiger partial charge < -0.3 is 10.5 Å². The van der Waals surface area contributed by atoms with Crippen molar-refractivity contribution in [3.63, 3.8) is 0 Å². The Kier molecular flexibility index (Phi) is 4.86. The number of nitrogens with two attached hydrogens (primary N) is 1. The van der Waals surface area contributed by atoms with Gasteiger partial charge in [0.1, 0.15) is 18.2 Å². The molecule has 5 heteroatoms. The summed E-state index contributed by atoms with van der Waals surface area (Å²) < 4.78 is 18.9. The van der Waals surface area contributed by atoms with Crippen LogP contribution in [0.4, 0.5) is 4.39 Å². The van der Waals surface area contributed by atoms with E-state index in [1.807, 2.05) is 6.92 Å². The van der Waals surface area contributed by atoms with Crippen molar-refractivity contribution in [2.75, 3.05) is 0 Å². The van der Waals surface area contributed by atoms with Crippen molar-refractivity contribution in [1.82, 2.24) is 0 Å². The second-order valence-electron chi connectivity index (χ2n) is 4.50. The van der Waals surface area contributed by atoms with Crippen LogP contribution in [0.5, 0.6) is 5.75 Å². The molecule has 0 aliphatic rings. The Morgan fingerprint density at radius 3 is 2.65 bits per heavy atom. The number of hydrogen-bond acceptors (Lipinski definition) is 2. The van der Waals surface area contributed by atoms with Gasteiger partial charge in [0, 0.05) is 33.3 Å². The van der Waals surface area contributed by atoms with Crippen LogP contribution >= 0.6 is 23.2 Å². The highest BCUT2D eigenvalue weighted by atomic mass is 35.5. The molecule has 20 heavy (non-hydrogen) atoms. The normalized spacial score (nSPS) is 12.2. The molecule has 0 bridgehead atoms. The van der Waals surface area contributed by atoms with Gasteiger partial charge in [0.15, 0.2) is 0 Å². The minimum atomic E-state index is -0.374. The first-order valence-electron chi connectivity index (χ1n) is 6.09. The Morgan fingerprint density at radius 1 is 1.20 bits per heavy atom. The minimum Gasteiger partial charge on any atom is -0.488 e. The van der Waals surface area contributed by atoms with Crippen LogP contribution in [0.2, 0.25) is 10.0 Å². The molecule has 2 rings (SSSR count). The standard InChI is InChI=1S/C15H14Cl2FNO/c1-9(19)13-4-3-12(18)7-15(13)20-8-10-6-11(16)2-5-14(10)17/h2-7,9H,8,19H2,1H3. The van der Waals surface area contributed by atoms with Gasteiger partial charge in [0.2, 0.25) is 0 Å². The monoisotopic (exact) mass is 313 g/mol. The fraction of sp³-hybridized carbons (Fsp3) is 0.200. The van der Waals surface area contributed by atoms with Crippen LogP contribution in [0, 0.1) is 5.82 Å². The lowest BCUT2D eigenvalue weighted by Gasteiger charge is -2.14. The molecular formula is C15H14Cl2FNO. The van der Waals surface area contributed by atoms with Crippen molar-refractivity contribution in [2.45, 2.75) is 19.6 Å². The van der Waals surface area contributed by atoms with Gasteiger partial charge in [-0.3, -0.25) is 0 Å². The van der Waals surface area contributed by atoms with E-state index in [9.17, 15) is 4.39 Å². The Hall–Kier alpha value is -1.29. The second kappa shape index (κ2) is 6.44. The smallest absolute Gasteiger partial charge is 0.127 e. The topological polar surface area (TPSA) is 35.2 Å². The average molecular weight is 314 g/mol. The highest BCUT2D eigenvalue weighted by molar-refractivity contribution is 6.33. The van der Waals surface area contributed by atoms with Crippen molar-refractivity contribution in [2.24, 2.45) is 5.73 Å². The van der Waals surface area contributed by atoms with E-state index in [1.165, 1.54) is 12.1 Å². The predicted molar refractivity (Wildman–Crippen MR) is 79.8 cm³/mol. The van der Waals surface area contributed by atoms with Crippen LogP contribution in [-0.4, -0.2) is 0 Å². The number of ether oxygens (including phenoxy) is 1. The number of rotatable bonds is 4. The van der Waals surface area contributed by atoms with Crippen LogP contribution in [0.15, 0.2) is 36.4 Å². The molecule has 0 aliphatic carbocycles. The van der Waals surface area contributed by atoms with Gasteiger partial charge in [0.25, 0.3) is 0 Å². The third kappa shape index (κ3) is 3.63. The highest BCUT2D eigenvalue weighted by Crippen LogP contribution is 2.27. The van der Waals surface area contributed by atoms with Gasteiger partial charge in [-0.05, 0) is 31.2 Å². The Bertz CT molecular complexity index is 617. The van der Waals surface area contributed by atoms with Gasteiger partial charge >= 0.3 is 0 Å². The molecule has 2 N–H and O–H groups in total. The summed E-state index contributed by atoms with van der Waals surface area (Å²) in [7, 11) is 0. The van der Waals surface area contributed by atoms with Crippen LogP contribution < -0.4 is 10.5 Å². The molecular weight excluding hydrogens is 300 g/mol. The van der Waals surface area contributed by atoms with Crippen molar-refractivity contribution < 1.29 is 9.13 Å². The molecule has 0 aliphatic heterocycles. The van der Waals surface area contributed by atoms with Gasteiger partial charge in [-0.1, -0.05) is 29.3 Å². The van der Waals surface area contributed by atoms with E-state index in [2.05, 4.69) is 0 Å². The van der Waals surface area contributed by atoms with E-state index in [0.717, 1.165) is 11.1 Å². The van der Waals surface area contributed by atoms with Crippen molar-refractivity contribution in [1.29, 1.82) is 0 Å². The number of halogens is 3. The number of hydrogen-bond donors (Lipinski definition) is 1. The van der Waals surface area contributed by atoms with Crippen molar-refractivity contribution in [3.8, 4) is 5.75 Å². The zero-order chi connectivity index (χ0) is 14.7. The first-order valence-corrected chi connectivity index (χ1v) is 6.84. The zero-order valence-corrected chi connectivity index (χ0v) is 12.4. The van der Waals surface area contributed by atoms with Crippen LogP contribution in [0.3, 0.4) is 0 Å². The summed E-state index contributed by atoms with van der Waals surface area (Å²) in [6.07, 6.45) is 0. The lowest BCUT2D eigenvalue weighted by molar-refractivity contribution is 0.300. The van der Waals surface area contributed by atoms with Gasteiger partial charge in [-0.25, -0.2) is 4.39 Å². The maximum atomic E-state index is 13.3. The summed E-state index contributed by atoms with van der Waals surface area (Å²) in [6, 6.07) is 9.16. The Balaban J connectivity index is 2.22. The number of benzene rings is 2. The van der Waals surface area contributed by atoms with E-state index in [4.69, 9.17) is 33.7 Å². The summed E-state index contributed by atoms with van der Waals surface area (Å²) in [6.45, 7) is 2.01. The van der Waals surface area contributed by atoms with E-state index in [0.29, 0.717) is 15.8 Å². The molecule has 0 fully saturated rings. The molecule has 1 unspecified atom stereocenters. The quantitative estimate of drug-likeness (QED) is 0.885. The van der Waals surface area contributed by atoms with E-state index < -0.39 is 0 Å². The molecule has 0 saturated carbocycles. The van der Waals surface area contributed by atoms with Crippen LogP contribution in [0.1, 0.15) is 24.1 Å². The zero-order valence-electron chi connectivity index (χ0n) is 10.9. The summed E-state index contributed by atoms with van der Waals surface area (Å²) >= 11 is 12.0. The second-order valence-corrected chi connectivity index (χ2v) is 5.34. The van der Waals surface area contributed by atoms with E-state index in [-0.39, 0.29) is 18.5 Å². The van der Waals surface area contributed by atoms with Crippen molar-refractivity contribution in [3.05, 3.63) is 63.4 Å². The fourth-order valence-electron chi connectivity index (χ4n) is 1.82. The molecule has 2 nitrogen and oxygen atoms in total. The molecule has 1 atom stereocenters. The average Bonchev–Trinajstić information content (AvgIpc) is 2.39. The van der Waals surface area contributed by atoms with E-state index in [1.54, 1.807) is 24.3 Å².